The Labute approximate surface area is 158 Å². The van der Waals surface area contributed by atoms with Crippen LogP contribution in [0.15, 0.2) is 36.4 Å². The molecule has 2 aromatic rings. The molecule has 2 rings (SSSR count). The number of nitrogens with one attached hydrogen (secondary N) is 2. The molecule has 0 radical (unpaired) electrons. The van der Waals surface area contributed by atoms with Crippen LogP contribution in [0.5, 0.6) is 0 Å². The number of aryl methyl sites for hydroxylation is 1. The van der Waals surface area contributed by atoms with Crippen molar-refractivity contribution in [3.63, 3.8) is 0 Å². The number of carbonyl (C=O) groups excluding carboxylic acids is 2. The van der Waals surface area contributed by atoms with Crippen LogP contribution in [0, 0.1) is 6.92 Å². The van der Waals surface area contributed by atoms with Crippen molar-refractivity contribution in [1.82, 2.24) is 20.4 Å². The lowest BCUT2D eigenvalue weighted by molar-refractivity contribution is -0.123. The fraction of sp³-hybridized carbons (Fsp3) is 0.316. The molecule has 0 saturated heterocycles. The topological polar surface area (TPSA) is 76.0 Å². The number of carbonyl (C=O) groups is 2. The van der Waals surface area contributed by atoms with Gasteiger partial charge in [-0.05, 0) is 25.0 Å². The summed E-state index contributed by atoms with van der Waals surface area (Å²) >= 11 is 6.40. The van der Waals surface area contributed by atoms with Crippen molar-refractivity contribution in [1.29, 1.82) is 0 Å². The van der Waals surface area contributed by atoms with Crippen molar-refractivity contribution in [3.05, 3.63) is 58.4 Å². The van der Waals surface area contributed by atoms with Gasteiger partial charge in [-0.2, -0.15) is 5.10 Å². The van der Waals surface area contributed by atoms with Crippen molar-refractivity contribution in [2.24, 2.45) is 0 Å². The van der Waals surface area contributed by atoms with Crippen LogP contribution in [0.1, 0.15) is 30.2 Å². The highest BCUT2D eigenvalue weighted by Crippen LogP contribution is 2.22. The van der Waals surface area contributed by atoms with Crippen LogP contribution in [0.2, 0.25) is 5.15 Å². The van der Waals surface area contributed by atoms with Gasteiger partial charge in [-0.3, -0.25) is 9.59 Å². The van der Waals surface area contributed by atoms with Crippen LogP contribution < -0.4 is 10.6 Å². The Morgan fingerprint density at radius 1 is 1.23 bits per heavy atom. The second kappa shape index (κ2) is 9.77. The number of halogens is 1. The quantitative estimate of drug-likeness (QED) is 0.697. The van der Waals surface area contributed by atoms with Crippen molar-refractivity contribution in [2.75, 3.05) is 13.1 Å². The fourth-order valence-corrected chi connectivity index (χ4v) is 2.63. The maximum Gasteiger partial charge on any atom is 0.244 e. The first-order valence-corrected chi connectivity index (χ1v) is 8.88. The summed E-state index contributed by atoms with van der Waals surface area (Å²) in [5, 5.41) is 10.1. The van der Waals surface area contributed by atoms with Gasteiger partial charge in [0.25, 0.3) is 0 Å². The molecule has 0 spiro atoms. The molecule has 0 atom stereocenters. The summed E-state index contributed by atoms with van der Waals surface area (Å²) in [5.41, 5.74) is 2.51. The molecule has 0 aliphatic rings. The van der Waals surface area contributed by atoms with Crippen molar-refractivity contribution in [3.8, 4) is 0 Å². The third-order valence-electron chi connectivity index (χ3n) is 3.68. The van der Waals surface area contributed by atoms with E-state index in [2.05, 4.69) is 15.7 Å². The van der Waals surface area contributed by atoms with Gasteiger partial charge in [0.05, 0.1) is 18.8 Å². The highest BCUT2D eigenvalue weighted by Gasteiger charge is 2.12. The summed E-state index contributed by atoms with van der Waals surface area (Å²) in [6.07, 6.45) is 3.83. The summed E-state index contributed by atoms with van der Waals surface area (Å²) in [6.45, 7) is 4.90. The summed E-state index contributed by atoms with van der Waals surface area (Å²) in [5.74, 6) is -0.568. The maximum absolute atomic E-state index is 11.9. The normalized spacial score (nSPS) is 10.9. The second-order valence-corrected chi connectivity index (χ2v) is 6.19. The summed E-state index contributed by atoms with van der Waals surface area (Å²) < 4.78 is 1.70. The van der Waals surface area contributed by atoms with E-state index in [0.717, 1.165) is 17.7 Å². The zero-order chi connectivity index (χ0) is 18.9. The molecule has 7 heteroatoms. The van der Waals surface area contributed by atoms with Gasteiger partial charge >= 0.3 is 0 Å². The molecule has 0 saturated carbocycles. The van der Waals surface area contributed by atoms with E-state index in [9.17, 15) is 9.59 Å². The molecule has 1 aromatic heterocycles. The van der Waals surface area contributed by atoms with Crippen LogP contribution in [0.3, 0.4) is 0 Å². The minimum Gasteiger partial charge on any atom is -0.355 e. The lowest BCUT2D eigenvalue weighted by atomic mass is 10.2. The number of rotatable bonds is 8. The Hall–Kier alpha value is -2.60. The molecule has 2 N–H and O–H groups in total. The number of amides is 2. The zero-order valence-corrected chi connectivity index (χ0v) is 15.7. The smallest absolute Gasteiger partial charge is 0.244 e. The first-order valence-electron chi connectivity index (χ1n) is 8.50. The molecule has 0 unspecified atom stereocenters. The van der Waals surface area contributed by atoms with Crippen LogP contribution in [0.4, 0.5) is 0 Å². The molecular formula is C19H23ClN4O2. The maximum atomic E-state index is 11.9. The molecule has 1 heterocycles. The average molecular weight is 375 g/mol. The van der Waals surface area contributed by atoms with Gasteiger partial charge in [-0.15, -0.1) is 0 Å². The van der Waals surface area contributed by atoms with E-state index < -0.39 is 0 Å². The van der Waals surface area contributed by atoms with Gasteiger partial charge in [0.2, 0.25) is 11.8 Å². The Morgan fingerprint density at radius 2 is 1.96 bits per heavy atom. The largest absolute Gasteiger partial charge is 0.355 e. The molecule has 0 aliphatic heterocycles. The Morgan fingerprint density at radius 3 is 2.65 bits per heavy atom. The van der Waals surface area contributed by atoms with Crippen LogP contribution >= 0.6 is 11.6 Å². The monoisotopic (exact) mass is 374 g/mol. The summed E-state index contributed by atoms with van der Waals surface area (Å²) in [7, 11) is 0. The predicted octanol–water partition coefficient (Wildman–Crippen LogP) is 2.55. The van der Waals surface area contributed by atoms with Crippen molar-refractivity contribution < 1.29 is 9.59 Å². The predicted molar refractivity (Wildman–Crippen MR) is 103 cm³/mol. The van der Waals surface area contributed by atoms with Gasteiger partial charge < -0.3 is 10.6 Å². The number of hydrogen-bond donors (Lipinski definition) is 2. The third kappa shape index (κ3) is 5.74. The molecule has 1 aromatic carbocycles. The van der Waals surface area contributed by atoms with Gasteiger partial charge in [0.1, 0.15) is 5.15 Å². The van der Waals surface area contributed by atoms with E-state index in [4.69, 9.17) is 11.6 Å². The number of hydrogen-bond acceptors (Lipinski definition) is 3. The third-order valence-corrected chi connectivity index (χ3v) is 4.08. The minimum absolute atomic E-state index is 0.0524. The van der Waals surface area contributed by atoms with Crippen LogP contribution in [0.25, 0.3) is 6.08 Å². The van der Waals surface area contributed by atoms with Gasteiger partial charge in [-0.25, -0.2) is 4.68 Å². The van der Waals surface area contributed by atoms with E-state index in [1.165, 1.54) is 6.08 Å². The zero-order valence-electron chi connectivity index (χ0n) is 15.0. The van der Waals surface area contributed by atoms with Gasteiger partial charge in [0, 0.05) is 18.2 Å². The SMILES string of the molecule is CCCNC(=O)CNC(=O)/C=C/c1c(C)nn(Cc2ccccc2)c1Cl. The van der Waals surface area contributed by atoms with Crippen molar-refractivity contribution in [2.45, 2.75) is 26.8 Å². The molecular weight excluding hydrogens is 352 g/mol. The molecule has 0 aliphatic carbocycles. The Bertz CT molecular complexity index is 784. The fourth-order valence-electron chi connectivity index (χ4n) is 2.33. The van der Waals surface area contributed by atoms with E-state index >= 15 is 0 Å². The van der Waals surface area contributed by atoms with Crippen molar-refractivity contribution >= 4 is 29.5 Å². The average Bonchev–Trinajstić information content (AvgIpc) is 2.90. The molecule has 138 valence electrons. The van der Waals surface area contributed by atoms with E-state index in [1.807, 2.05) is 44.2 Å². The lowest BCUT2D eigenvalue weighted by Crippen LogP contribution is -2.36. The van der Waals surface area contributed by atoms with Gasteiger partial charge in [-0.1, -0.05) is 48.9 Å². The molecule has 26 heavy (non-hydrogen) atoms. The number of nitrogens with zero attached hydrogens (tertiary/aromatic N) is 2. The molecule has 0 fully saturated rings. The van der Waals surface area contributed by atoms with Gasteiger partial charge in [0.15, 0.2) is 0 Å². The highest BCUT2D eigenvalue weighted by atomic mass is 35.5. The standard InChI is InChI=1S/C19H23ClN4O2/c1-3-11-21-18(26)12-22-17(25)10-9-16-14(2)23-24(19(16)20)13-15-7-5-4-6-8-15/h4-10H,3,11-13H2,1-2H3,(H,21,26)(H,22,25)/b10-9+. The molecule has 6 nitrogen and oxygen atoms in total. The minimum atomic E-state index is -0.358. The number of benzene rings is 1. The van der Waals surface area contributed by atoms with E-state index in [-0.39, 0.29) is 18.4 Å². The molecule has 0 bridgehead atoms. The summed E-state index contributed by atoms with van der Waals surface area (Å²) in [4.78, 5) is 23.3. The Kier molecular flexibility index (Phi) is 7.41. The highest BCUT2D eigenvalue weighted by molar-refractivity contribution is 6.31. The van der Waals surface area contributed by atoms with Crippen LogP contribution in [-0.4, -0.2) is 34.7 Å². The number of aromatic nitrogens is 2. The Balaban J connectivity index is 1.97. The first-order chi connectivity index (χ1) is 12.5. The summed E-state index contributed by atoms with van der Waals surface area (Å²) in [6, 6.07) is 9.87. The first kappa shape index (κ1) is 19.7. The van der Waals surface area contributed by atoms with E-state index in [0.29, 0.717) is 23.8 Å². The van der Waals surface area contributed by atoms with Crippen LogP contribution in [-0.2, 0) is 16.1 Å². The second-order valence-electron chi connectivity index (χ2n) is 5.83. The van der Waals surface area contributed by atoms with E-state index in [1.54, 1.807) is 10.8 Å². The lowest BCUT2D eigenvalue weighted by Gasteiger charge is -2.04. The molecule has 2 amide bonds.